The number of halogens is 1. The van der Waals surface area contributed by atoms with Gasteiger partial charge in [-0.05, 0) is 28.9 Å². The Hall–Kier alpha value is -0.570. The standard InChI is InChI=1S/C6H6BrNO/c1-4(9)5-2-6(7)8-3-5/h2-3,8H,1H3. The van der Waals surface area contributed by atoms with Crippen LogP contribution in [-0.2, 0) is 0 Å². The number of carbonyl (C=O) groups excluding carboxylic acids is 1. The van der Waals surface area contributed by atoms with E-state index >= 15 is 0 Å². The zero-order chi connectivity index (χ0) is 6.85. The van der Waals surface area contributed by atoms with Crippen LogP contribution < -0.4 is 0 Å². The van der Waals surface area contributed by atoms with Crippen LogP contribution in [0.5, 0.6) is 0 Å². The first-order valence-corrected chi connectivity index (χ1v) is 3.34. The highest BCUT2D eigenvalue weighted by Gasteiger charge is 1.99. The first-order chi connectivity index (χ1) is 4.20. The molecule has 1 aromatic rings. The lowest BCUT2D eigenvalue weighted by Gasteiger charge is -1.80. The molecule has 0 amide bonds. The maximum Gasteiger partial charge on any atom is 0.161 e. The highest BCUT2D eigenvalue weighted by molar-refractivity contribution is 9.10. The second-order valence-electron chi connectivity index (χ2n) is 1.79. The van der Waals surface area contributed by atoms with Crippen LogP contribution in [0.25, 0.3) is 0 Å². The Morgan fingerprint density at radius 2 is 2.44 bits per heavy atom. The number of H-pyrrole nitrogens is 1. The molecule has 0 aliphatic heterocycles. The summed E-state index contributed by atoms with van der Waals surface area (Å²) in [5, 5.41) is 0. The Balaban J connectivity index is 2.98. The van der Waals surface area contributed by atoms with Gasteiger partial charge < -0.3 is 4.98 Å². The van der Waals surface area contributed by atoms with Gasteiger partial charge in [-0.2, -0.15) is 0 Å². The van der Waals surface area contributed by atoms with E-state index in [-0.39, 0.29) is 5.78 Å². The number of aromatic nitrogens is 1. The number of ketones is 1. The Labute approximate surface area is 61.4 Å². The molecule has 2 nitrogen and oxygen atoms in total. The molecule has 1 rings (SSSR count). The Morgan fingerprint density at radius 3 is 2.67 bits per heavy atom. The molecule has 0 saturated heterocycles. The molecule has 9 heavy (non-hydrogen) atoms. The van der Waals surface area contributed by atoms with Crippen molar-refractivity contribution in [1.82, 2.24) is 4.98 Å². The Kier molecular flexibility index (Phi) is 1.71. The van der Waals surface area contributed by atoms with Crippen molar-refractivity contribution in [1.29, 1.82) is 0 Å². The van der Waals surface area contributed by atoms with Crippen LogP contribution in [0.15, 0.2) is 16.9 Å². The zero-order valence-electron chi connectivity index (χ0n) is 4.94. The third-order valence-electron chi connectivity index (χ3n) is 1.05. The fourth-order valence-corrected chi connectivity index (χ4v) is 0.931. The fraction of sp³-hybridized carbons (Fsp3) is 0.167. The van der Waals surface area contributed by atoms with Crippen LogP contribution in [0, 0.1) is 0 Å². The molecule has 48 valence electrons. The largest absolute Gasteiger partial charge is 0.355 e. The van der Waals surface area contributed by atoms with E-state index in [0.29, 0.717) is 5.56 Å². The maximum atomic E-state index is 10.6. The van der Waals surface area contributed by atoms with E-state index in [0.717, 1.165) is 4.60 Å². The highest BCUT2D eigenvalue weighted by Crippen LogP contribution is 2.09. The molecule has 0 aliphatic rings. The molecule has 0 spiro atoms. The zero-order valence-corrected chi connectivity index (χ0v) is 6.53. The smallest absolute Gasteiger partial charge is 0.161 e. The molecule has 3 heteroatoms. The number of hydrogen-bond acceptors (Lipinski definition) is 1. The van der Waals surface area contributed by atoms with Gasteiger partial charge in [0.25, 0.3) is 0 Å². The number of carbonyl (C=O) groups is 1. The highest BCUT2D eigenvalue weighted by atomic mass is 79.9. The van der Waals surface area contributed by atoms with Crippen LogP contribution in [0.1, 0.15) is 17.3 Å². The molecule has 0 radical (unpaired) electrons. The summed E-state index contributed by atoms with van der Waals surface area (Å²) < 4.78 is 0.840. The third-order valence-corrected chi connectivity index (χ3v) is 1.51. The molecule has 0 saturated carbocycles. The lowest BCUT2D eigenvalue weighted by molar-refractivity contribution is 0.101. The molecular formula is C6H6BrNO. The number of aromatic amines is 1. The van der Waals surface area contributed by atoms with Gasteiger partial charge in [-0.15, -0.1) is 0 Å². The van der Waals surface area contributed by atoms with Crippen LogP contribution in [-0.4, -0.2) is 10.8 Å². The fourth-order valence-electron chi connectivity index (χ4n) is 0.570. The molecule has 1 aromatic heterocycles. The van der Waals surface area contributed by atoms with Gasteiger partial charge in [-0.1, -0.05) is 0 Å². The summed E-state index contributed by atoms with van der Waals surface area (Å²) >= 11 is 3.19. The van der Waals surface area contributed by atoms with Crippen LogP contribution >= 0.6 is 15.9 Å². The van der Waals surface area contributed by atoms with Gasteiger partial charge in [-0.3, -0.25) is 4.79 Å². The minimum Gasteiger partial charge on any atom is -0.355 e. The summed E-state index contributed by atoms with van der Waals surface area (Å²) in [7, 11) is 0. The Bertz CT molecular complexity index is 229. The summed E-state index contributed by atoms with van der Waals surface area (Å²) in [5.41, 5.74) is 0.710. The number of nitrogens with one attached hydrogen (secondary N) is 1. The SMILES string of the molecule is CC(=O)c1c[nH]c(Br)c1. The molecule has 0 unspecified atom stereocenters. The van der Waals surface area contributed by atoms with E-state index in [1.165, 1.54) is 6.92 Å². The van der Waals surface area contributed by atoms with E-state index in [9.17, 15) is 4.79 Å². The van der Waals surface area contributed by atoms with Crippen molar-refractivity contribution in [2.45, 2.75) is 6.92 Å². The van der Waals surface area contributed by atoms with Gasteiger partial charge in [0.2, 0.25) is 0 Å². The minimum absolute atomic E-state index is 0.0805. The number of Topliss-reactive ketones (excluding diaryl/α,β-unsaturated/α-hetero) is 1. The summed E-state index contributed by atoms with van der Waals surface area (Å²) in [6.45, 7) is 1.54. The first-order valence-electron chi connectivity index (χ1n) is 2.55. The molecule has 0 aliphatic carbocycles. The van der Waals surface area contributed by atoms with Crippen LogP contribution in [0.4, 0.5) is 0 Å². The van der Waals surface area contributed by atoms with Gasteiger partial charge in [0.05, 0.1) is 4.60 Å². The van der Waals surface area contributed by atoms with Crippen LogP contribution in [0.3, 0.4) is 0 Å². The van der Waals surface area contributed by atoms with E-state index in [2.05, 4.69) is 20.9 Å². The number of hydrogen-bond donors (Lipinski definition) is 1. The van der Waals surface area contributed by atoms with Crippen molar-refractivity contribution in [3.05, 3.63) is 22.4 Å². The van der Waals surface area contributed by atoms with Gasteiger partial charge >= 0.3 is 0 Å². The summed E-state index contributed by atoms with van der Waals surface area (Å²) in [5.74, 6) is 0.0805. The molecule has 0 bridgehead atoms. The van der Waals surface area contributed by atoms with Crippen molar-refractivity contribution in [3.63, 3.8) is 0 Å². The molecule has 0 fully saturated rings. The van der Waals surface area contributed by atoms with Gasteiger partial charge in [0, 0.05) is 11.8 Å². The van der Waals surface area contributed by atoms with Crippen LogP contribution in [0.2, 0.25) is 0 Å². The van der Waals surface area contributed by atoms with Gasteiger partial charge in [-0.25, -0.2) is 0 Å². The first kappa shape index (κ1) is 6.55. The second kappa shape index (κ2) is 2.35. The molecule has 1 N–H and O–H groups in total. The average Bonchev–Trinajstić information content (AvgIpc) is 2.14. The topological polar surface area (TPSA) is 32.9 Å². The Morgan fingerprint density at radius 1 is 1.78 bits per heavy atom. The molecule has 0 aromatic carbocycles. The van der Waals surface area contributed by atoms with Crippen molar-refractivity contribution in [2.75, 3.05) is 0 Å². The predicted octanol–water partition coefficient (Wildman–Crippen LogP) is 1.98. The van der Waals surface area contributed by atoms with Crippen molar-refractivity contribution in [3.8, 4) is 0 Å². The maximum absolute atomic E-state index is 10.6. The average molecular weight is 188 g/mol. The van der Waals surface area contributed by atoms with Gasteiger partial charge in [0.1, 0.15) is 0 Å². The predicted molar refractivity (Wildman–Crippen MR) is 38.5 cm³/mol. The molecule has 1 heterocycles. The quantitative estimate of drug-likeness (QED) is 0.671. The summed E-state index contributed by atoms with van der Waals surface area (Å²) in [6, 6.07) is 1.75. The minimum atomic E-state index is 0.0805. The van der Waals surface area contributed by atoms with E-state index < -0.39 is 0 Å². The normalized spacial score (nSPS) is 9.56. The summed E-state index contributed by atoms with van der Waals surface area (Å²) in [6.07, 6.45) is 1.67. The molecular weight excluding hydrogens is 182 g/mol. The lowest BCUT2D eigenvalue weighted by Crippen LogP contribution is -1.85. The van der Waals surface area contributed by atoms with E-state index in [1.807, 2.05) is 0 Å². The monoisotopic (exact) mass is 187 g/mol. The third kappa shape index (κ3) is 1.42. The molecule has 0 atom stereocenters. The van der Waals surface area contributed by atoms with E-state index in [4.69, 9.17) is 0 Å². The second-order valence-corrected chi connectivity index (χ2v) is 2.65. The van der Waals surface area contributed by atoms with E-state index in [1.54, 1.807) is 12.3 Å². The summed E-state index contributed by atoms with van der Waals surface area (Å²) in [4.78, 5) is 13.5. The van der Waals surface area contributed by atoms with Crippen molar-refractivity contribution >= 4 is 21.7 Å². The lowest BCUT2D eigenvalue weighted by atomic mass is 10.2. The number of rotatable bonds is 1. The van der Waals surface area contributed by atoms with Gasteiger partial charge in [0.15, 0.2) is 5.78 Å². The van der Waals surface area contributed by atoms with Crippen molar-refractivity contribution in [2.24, 2.45) is 0 Å². The van der Waals surface area contributed by atoms with Crippen molar-refractivity contribution < 1.29 is 4.79 Å².